The Morgan fingerprint density at radius 3 is 3.08 bits per heavy atom. The number of aromatic nitrogens is 1. The highest BCUT2D eigenvalue weighted by Crippen LogP contribution is 2.18. The summed E-state index contributed by atoms with van der Waals surface area (Å²) in [4.78, 5) is 29.3. The zero-order valence-corrected chi connectivity index (χ0v) is 14.3. The van der Waals surface area contributed by atoms with Crippen molar-refractivity contribution >= 4 is 23.2 Å². The minimum absolute atomic E-state index is 0.111. The van der Waals surface area contributed by atoms with Crippen molar-refractivity contribution in [1.82, 2.24) is 9.88 Å². The summed E-state index contributed by atoms with van der Waals surface area (Å²) in [7, 11) is 0. The van der Waals surface area contributed by atoms with Crippen molar-refractivity contribution in [2.24, 2.45) is 0 Å². The second-order valence-corrected chi connectivity index (χ2v) is 6.36. The van der Waals surface area contributed by atoms with Crippen LogP contribution in [0.3, 0.4) is 0 Å². The molecule has 0 radical (unpaired) electrons. The van der Waals surface area contributed by atoms with Crippen LogP contribution < -0.4 is 4.74 Å². The van der Waals surface area contributed by atoms with Crippen LogP contribution in [0.1, 0.15) is 22.5 Å². The van der Waals surface area contributed by atoms with E-state index in [1.54, 1.807) is 34.7 Å². The molecule has 132 valence electrons. The van der Waals surface area contributed by atoms with E-state index >= 15 is 0 Å². The van der Waals surface area contributed by atoms with Crippen LogP contribution in [0.5, 0.6) is 5.75 Å². The summed E-state index contributed by atoms with van der Waals surface area (Å²) in [6.07, 6.45) is -0.583. The molecule has 1 aromatic heterocycles. The molecular formula is C17H18N2O5S. The number of aliphatic carboxylic acids is 1. The van der Waals surface area contributed by atoms with Gasteiger partial charge in [0.15, 0.2) is 0 Å². The van der Waals surface area contributed by atoms with E-state index in [4.69, 9.17) is 14.6 Å². The second kappa shape index (κ2) is 8.09. The lowest BCUT2D eigenvalue weighted by atomic mass is 10.1. The smallest absolute Gasteiger partial charge is 0.306 e. The van der Waals surface area contributed by atoms with Crippen LogP contribution in [0.15, 0.2) is 35.2 Å². The number of thiazole rings is 1. The molecule has 0 saturated carbocycles. The average Bonchev–Trinajstić information content (AvgIpc) is 3.13. The lowest BCUT2D eigenvalue weighted by Gasteiger charge is -2.32. The van der Waals surface area contributed by atoms with E-state index in [9.17, 15) is 9.59 Å². The molecule has 2 aromatic rings. The number of amides is 1. The first-order chi connectivity index (χ1) is 12.1. The van der Waals surface area contributed by atoms with Gasteiger partial charge in [0, 0.05) is 24.0 Å². The summed E-state index contributed by atoms with van der Waals surface area (Å²) < 4.78 is 11.1. The van der Waals surface area contributed by atoms with Gasteiger partial charge in [-0.2, -0.15) is 0 Å². The van der Waals surface area contributed by atoms with Gasteiger partial charge in [0.05, 0.1) is 30.3 Å². The van der Waals surface area contributed by atoms with Gasteiger partial charge in [-0.1, -0.05) is 6.07 Å². The Balaban J connectivity index is 1.63. The highest BCUT2D eigenvalue weighted by molar-refractivity contribution is 7.07. The molecule has 1 saturated heterocycles. The first-order valence-corrected chi connectivity index (χ1v) is 8.78. The number of benzene rings is 1. The lowest BCUT2D eigenvalue weighted by molar-refractivity contribution is -0.141. The molecule has 1 aromatic carbocycles. The van der Waals surface area contributed by atoms with Gasteiger partial charge in [0.1, 0.15) is 12.4 Å². The van der Waals surface area contributed by atoms with E-state index in [0.29, 0.717) is 31.1 Å². The van der Waals surface area contributed by atoms with Gasteiger partial charge in [0.2, 0.25) is 0 Å². The summed E-state index contributed by atoms with van der Waals surface area (Å²) in [6.45, 7) is 1.40. The molecule has 1 atom stereocenters. The monoisotopic (exact) mass is 362 g/mol. The zero-order chi connectivity index (χ0) is 17.6. The van der Waals surface area contributed by atoms with Crippen molar-refractivity contribution in [3.05, 3.63) is 46.4 Å². The topological polar surface area (TPSA) is 89.0 Å². The van der Waals surface area contributed by atoms with Gasteiger partial charge in [0.25, 0.3) is 5.91 Å². The number of morpholine rings is 1. The predicted octanol–water partition coefficient (Wildman–Crippen LogP) is 2.04. The third-order valence-corrected chi connectivity index (χ3v) is 4.41. The molecule has 25 heavy (non-hydrogen) atoms. The molecule has 3 rings (SSSR count). The van der Waals surface area contributed by atoms with Gasteiger partial charge < -0.3 is 19.5 Å². The maximum Gasteiger partial charge on any atom is 0.306 e. The Kier molecular flexibility index (Phi) is 5.62. The summed E-state index contributed by atoms with van der Waals surface area (Å²) in [5, 5.41) is 10.8. The van der Waals surface area contributed by atoms with Gasteiger partial charge in [-0.25, -0.2) is 4.98 Å². The first-order valence-electron chi connectivity index (χ1n) is 7.84. The number of hydrogen-bond donors (Lipinski definition) is 1. The number of nitrogens with zero attached hydrogens (tertiary/aromatic N) is 2. The molecule has 1 amide bonds. The largest absolute Gasteiger partial charge is 0.487 e. The molecule has 1 N–H and O–H groups in total. The zero-order valence-electron chi connectivity index (χ0n) is 13.5. The maximum atomic E-state index is 12.7. The standard InChI is InChI=1S/C17H18N2O5S/c20-16(21)7-15-8-19(4-5-23-15)17(22)12-2-1-3-14(6-12)24-9-13-10-25-11-18-13/h1-3,6,10-11,15H,4-5,7-9H2,(H,20,21)/t15-/m1/s1. The maximum absolute atomic E-state index is 12.7. The number of rotatable bonds is 6. The molecule has 0 unspecified atom stereocenters. The fraction of sp³-hybridized carbons (Fsp3) is 0.353. The minimum atomic E-state index is -0.934. The molecule has 7 nitrogen and oxygen atoms in total. The van der Waals surface area contributed by atoms with Gasteiger partial charge in [-0.15, -0.1) is 11.3 Å². The van der Waals surface area contributed by atoms with Gasteiger partial charge in [-0.05, 0) is 18.2 Å². The van der Waals surface area contributed by atoms with Crippen molar-refractivity contribution in [3.8, 4) is 5.75 Å². The molecule has 2 heterocycles. The van der Waals surface area contributed by atoms with Crippen molar-refractivity contribution in [1.29, 1.82) is 0 Å². The first kappa shape index (κ1) is 17.4. The number of carboxylic acids is 1. The number of carbonyl (C=O) groups is 2. The molecule has 1 aliphatic rings. The number of ether oxygens (including phenoxy) is 2. The van der Waals surface area contributed by atoms with E-state index < -0.39 is 12.1 Å². The highest BCUT2D eigenvalue weighted by Gasteiger charge is 2.26. The third-order valence-electron chi connectivity index (χ3n) is 3.78. The van der Waals surface area contributed by atoms with Gasteiger partial charge >= 0.3 is 5.97 Å². The molecule has 1 fully saturated rings. The van der Waals surface area contributed by atoms with Crippen molar-refractivity contribution < 1.29 is 24.2 Å². The molecule has 0 bridgehead atoms. The quantitative estimate of drug-likeness (QED) is 0.846. The van der Waals surface area contributed by atoms with Crippen molar-refractivity contribution in [3.63, 3.8) is 0 Å². The Bertz CT molecular complexity index is 734. The van der Waals surface area contributed by atoms with Crippen molar-refractivity contribution in [2.75, 3.05) is 19.7 Å². The molecule has 0 spiro atoms. The number of hydrogen-bond acceptors (Lipinski definition) is 6. The summed E-state index contributed by atoms with van der Waals surface area (Å²) >= 11 is 1.50. The molecule has 1 aliphatic heterocycles. The number of carboxylic acid groups (broad SMARTS) is 1. The Morgan fingerprint density at radius 2 is 2.32 bits per heavy atom. The van der Waals surface area contributed by atoms with E-state index in [-0.39, 0.29) is 18.9 Å². The summed E-state index contributed by atoms with van der Waals surface area (Å²) in [6, 6.07) is 6.96. The molecular weight excluding hydrogens is 344 g/mol. The van der Waals surface area contributed by atoms with Gasteiger partial charge in [-0.3, -0.25) is 9.59 Å². The van der Waals surface area contributed by atoms with Crippen LogP contribution >= 0.6 is 11.3 Å². The van der Waals surface area contributed by atoms with E-state index in [0.717, 1.165) is 5.69 Å². The Morgan fingerprint density at radius 1 is 1.44 bits per heavy atom. The third kappa shape index (κ3) is 4.77. The van der Waals surface area contributed by atoms with Crippen LogP contribution in [0, 0.1) is 0 Å². The van der Waals surface area contributed by atoms with Crippen LogP contribution in [0.4, 0.5) is 0 Å². The molecule has 8 heteroatoms. The van der Waals surface area contributed by atoms with Crippen LogP contribution in [0.2, 0.25) is 0 Å². The van der Waals surface area contributed by atoms with Crippen molar-refractivity contribution in [2.45, 2.75) is 19.1 Å². The SMILES string of the molecule is O=C(O)C[C@@H]1CN(C(=O)c2cccc(OCc3cscn3)c2)CCO1. The molecule has 0 aliphatic carbocycles. The second-order valence-electron chi connectivity index (χ2n) is 5.64. The normalized spacial score (nSPS) is 17.3. The number of carbonyl (C=O) groups excluding carboxylic acids is 1. The Hall–Kier alpha value is -2.45. The van der Waals surface area contributed by atoms with E-state index in [2.05, 4.69) is 4.98 Å². The van der Waals surface area contributed by atoms with Crippen LogP contribution in [-0.2, 0) is 16.1 Å². The Labute approximate surface area is 148 Å². The van der Waals surface area contributed by atoms with Crippen LogP contribution in [0.25, 0.3) is 0 Å². The minimum Gasteiger partial charge on any atom is -0.487 e. The average molecular weight is 362 g/mol. The summed E-state index contributed by atoms with van der Waals surface area (Å²) in [5.41, 5.74) is 3.09. The lowest BCUT2D eigenvalue weighted by Crippen LogP contribution is -2.46. The fourth-order valence-electron chi connectivity index (χ4n) is 2.59. The van der Waals surface area contributed by atoms with Crippen LogP contribution in [-0.4, -0.2) is 52.7 Å². The summed E-state index contributed by atoms with van der Waals surface area (Å²) in [5.74, 6) is -0.497. The predicted molar refractivity (Wildman–Crippen MR) is 90.8 cm³/mol. The van der Waals surface area contributed by atoms with E-state index in [1.807, 2.05) is 5.38 Å². The highest BCUT2D eigenvalue weighted by atomic mass is 32.1. The van der Waals surface area contributed by atoms with E-state index in [1.165, 1.54) is 11.3 Å². The fourth-order valence-corrected chi connectivity index (χ4v) is 3.13.